The molecule has 1 heterocycles. The van der Waals surface area contributed by atoms with E-state index in [1.54, 1.807) is 18.5 Å². The first-order valence-corrected chi connectivity index (χ1v) is 4.80. The van der Waals surface area contributed by atoms with Gasteiger partial charge in [0, 0.05) is 18.1 Å². The van der Waals surface area contributed by atoms with Crippen LogP contribution in [-0.2, 0) is 6.54 Å². The highest BCUT2D eigenvalue weighted by atomic mass is 35.5. The lowest BCUT2D eigenvalue weighted by Gasteiger charge is -2.04. The Kier molecular flexibility index (Phi) is 2.87. The van der Waals surface area contributed by atoms with Crippen LogP contribution in [0, 0.1) is 5.82 Å². The minimum Gasteiger partial charge on any atom is -0.378 e. The summed E-state index contributed by atoms with van der Waals surface area (Å²) in [6, 6.07) is 4.58. The standard InChI is InChI=1S/C10H9ClFN3/c11-8-2-1-7(5-9(8)12)15-6-10-13-3-4-14-10/h1-5,15H,6H2,(H,13,14). The molecular formula is C10H9ClFN3. The lowest BCUT2D eigenvalue weighted by Crippen LogP contribution is -2.01. The molecule has 0 spiro atoms. The SMILES string of the molecule is Fc1cc(NCc2ncc[nH]2)ccc1Cl. The van der Waals surface area contributed by atoms with Gasteiger partial charge in [-0.25, -0.2) is 9.37 Å². The molecule has 0 aliphatic carbocycles. The zero-order chi connectivity index (χ0) is 10.7. The summed E-state index contributed by atoms with van der Waals surface area (Å²) in [5.41, 5.74) is 0.674. The van der Waals surface area contributed by atoms with Crippen molar-refractivity contribution >= 4 is 17.3 Å². The molecule has 3 nitrogen and oxygen atoms in total. The fourth-order valence-electron chi connectivity index (χ4n) is 1.19. The van der Waals surface area contributed by atoms with E-state index >= 15 is 0 Å². The fraction of sp³-hybridized carbons (Fsp3) is 0.100. The number of hydrogen-bond acceptors (Lipinski definition) is 2. The minimum atomic E-state index is -0.430. The molecule has 0 fully saturated rings. The molecule has 0 unspecified atom stereocenters. The second-order valence-corrected chi connectivity index (χ2v) is 3.43. The molecular weight excluding hydrogens is 217 g/mol. The Morgan fingerprint density at radius 1 is 1.47 bits per heavy atom. The average molecular weight is 226 g/mol. The van der Waals surface area contributed by atoms with Gasteiger partial charge < -0.3 is 10.3 Å². The van der Waals surface area contributed by atoms with Crippen LogP contribution in [0.15, 0.2) is 30.6 Å². The Hall–Kier alpha value is -1.55. The quantitative estimate of drug-likeness (QED) is 0.843. The van der Waals surface area contributed by atoms with Crippen molar-refractivity contribution in [2.45, 2.75) is 6.54 Å². The van der Waals surface area contributed by atoms with Crippen molar-refractivity contribution in [1.82, 2.24) is 9.97 Å². The van der Waals surface area contributed by atoms with Crippen LogP contribution in [0.2, 0.25) is 5.02 Å². The Morgan fingerprint density at radius 3 is 3.00 bits per heavy atom. The van der Waals surface area contributed by atoms with Crippen molar-refractivity contribution in [3.63, 3.8) is 0 Å². The predicted molar refractivity (Wildman–Crippen MR) is 57.3 cm³/mol. The molecule has 0 amide bonds. The first kappa shape index (κ1) is 9.98. The van der Waals surface area contributed by atoms with Gasteiger partial charge >= 0.3 is 0 Å². The molecule has 15 heavy (non-hydrogen) atoms. The summed E-state index contributed by atoms with van der Waals surface area (Å²) in [4.78, 5) is 6.97. The van der Waals surface area contributed by atoms with Gasteiger partial charge in [0.2, 0.25) is 0 Å². The van der Waals surface area contributed by atoms with Crippen LogP contribution >= 0.6 is 11.6 Å². The number of hydrogen-bond donors (Lipinski definition) is 2. The van der Waals surface area contributed by atoms with Gasteiger partial charge in [-0.05, 0) is 18.2 Å². The molecule has 0 saturated heterocycles. The molecule has 0 atom stereocenters. The lowest BCUT2D eigenvalue weighted by atomic mass is 10.3. The van der Waals surface area contributed by atoms with Crippen LogP contribution in [0.3, 0.4) is 0 Å². The number of nitrogens with zero attached hydrogens (tertiary/aromatic N) is 1. The van der Waals surface area contributed by atoms with Crippen LogP contribution < -0.4 is 5.32 Å². The van der Waals surface area contributed by atoms with E-state index in [-0.39, 0.29) is 5.02 Å². The molecule has 1 aromatic carbocycles. The number of halogens is 2. The normalized spacial score (nSPS) is 10.3. The van der Waals surface area contributed by atoms with E-state index in [0.717, 1.165) is 5.82 Å². The number of aromatic amines is 1. The van der Waals surface area contributed by atoms with Crippen molar-refractivity contribution in [3.05, 3.63) is 47.3 Å². The maximum absolute atomic E-state index is 13.0. The number of imidazole rings is 1. The third-order valence-corrected chi connectivity index (χ3v) is 2.24. The van der Waals surface area contributed by atoms with E-state index in [1.807, 2.05) is 0 Å². The number of nitrogens with one attached hydrogen (secondary N) is 2. The van der Waals surface area contributed by atoms with Crippen LogP contribution in [0.4, 0.5) is 10.1 Å². The monoisotopic (exact) mass is 225 g/mol. The second kappa shape index (κ2) is 4.31. The van der Waals surface area contributed by atoms with Crippen LogP contribution in [-0.4, -0.2) is 9.97 Å². The summed E-state index contributed by atoms with van der Waals surface area (Å²) in [6.45, 7) is 0.522. The van der Waals surface area contributed by atoms with Crippen LogP contribution in [0.1, 0.15) is 5.82 Å². The van der Waals surface area contributed by atoms with Gasteiger partial charge in [-0.15, -0.1) is 0 Å². The molecule has 0 aliphatic rings. The molecule has 5 heteroatoms. The van der Waals surface area contributed by atoms with Gasteiger partial charge in [0.15, 0.2) is 0 Å². The van der Waals surface area contributed by atoms with Gasteiger partial charge in [-0.3, -0.25) is 0 Å². The molecule has 1 aromatic heterocycles. The molecule has 2 N–H and O–H groups in total. The van der Waals surface area contributed by atoms with Crippen LogP contribution in [0.5, 0.6) is 0 Å². The highest BCUT2D eigenvalue weighted by Crippen LogP contribution is 2.18. The Balaban J connectivity index is 2.02. The van der Waals surface area contributed by atoms with E-state index in [9.17, 15) is 4.39 Å². The van der Waals surface area contributed by atoms with Crippen molar-refractivity contribution in [2.24, 2.45) is 0 Å². The molecule has 2 aromatic rings. The van der Waals surface area contributed by atoms with Crippen molar-refractivity contribution < 1.29 is 4.39 Å². The van der Waals surface area contributed by atoms with Gasteiger partial charge in [0.05, 0.1) is 11.6 Å². The highest BCUT2D eigenvalue weighted by molar-refractivity contribution is 6.30. The molecule has 0 saturated carbocycles. The number of rotatable bonds is 3. The largest absolute Gasteiger partial charge is 0.378 e. The summed E-state index contributed by atoms with van der Waals surface area (Å²) in [7, 11) is 0. The second-order valence-electron chi connectivity index (χ2n) is 3.02. The molecule has 0 bridgehead atoms. The predicted octanol–water partition coefficient (Wildman–Crippen LogP) is 2.81. The number of aromatic nitrogens is 2. The maximum Gasteiger partial charge on any atom is 0.143 e. The minimum absolute atomic E-state index is 0.124. The van der Waals surface area contributed by atoms with Gasteiger partial charge in [0.1, 0.15) is 11.6 Å². The molecule has 0 aliphatic heterocycles. The van der Waals surface area contributed by atoms with E-state index in [1.165, 1.54) is 12.1 Å². The number of H-pyrrole nitrogens is 1. The van der Waals surface area contributed by atoms with E-state index in [2.05, 4.69) is 15.3 Å². The lowest BCUT2D eigenvalue weighted by molar-refractivity contribution is 0.628. The Labute approximate surface area is 91.3 Å². The average Bonchev–Trinajstić information content (AvgIpc) is 2.73. The smallest absolute Gasteiger partial charge is 0.143 e. The fourth-order valence-corrected chi connectivity index (χ4v) is 1.30. The van der Waals surface area contributed by atoms with Crippen LogP contribution in [0.25, 0.3) is 0 Å². The van der Waals surface area contributed by atoms with E-state index in [0.29, 0.717) is 12.2 Å². The zero-order valence-corrected chi connectivity index (χ0v) is 8.55. The van der Waals surface area contributed by atoms with Crippen molar-refractivity contribution in [2.75, 3.05) is 5.32 Å². The molecule has 0 radical (unpaired) electrons. The number of anilines is 1. The number of benzene rings is 1. The summed E-state index contributed by atoms with van der Waals surface area (Å²) in [6.07, 6.45) is 3.40. The Bertz CT molecular complexity index is 442. The summed E-state index contributed by atoms with van der Waals surface area (Å²) in [5, 5.41) is 3.15. The van der Waals surface area contributed by atoms with Gasteiger partial charge in [-0.2, -0.15) is 0 Å². The maximum atomic E-state index is 13.0. The molecule has 2 rings (SSSR count). The topological polar surface area (TPSA) is 40.7 Å². The van der Waals surface area contributed by atoms with E-state index < -0.39 is 5.82 Å². The van der Waals surface area contributed by atoms with Crippen molar-refractivity contribution in [1.29, 1.82) is 0 Å². The third kappa shape index (κ3) is 2.47. The first-order chi connectivity index (χ1) is 7.25. The van der Waals surface area contributed by atoms with Crippen molar-refractivity contribution in [3.8, 4) is 0 Å². The summed E-state index contributed by atoms with van der Waals surface area (Å²) in [5.74, 6) is 0.367. The Morgan fingerprint density at radius 2 is 2.33 bits per heavy atom. The highest BCUT2D eigenvalue weighted by Gasteiger charge is 2.01. The summed E-state index contributed by atoms with van der Waals surface area (Å²) >= 11 is 5.56. The van der Waals surface area contributed by atoms with Gasteiger partial charge in [-0.1, -0.05) is 11.6 Å². The van der Waals surface area contributed by atoms with E-state index in [4.69, 9.17) is 11.6 Å². The van der Waals surface area contributed by atoms with Gasteiger partial charge in [0.25, 0.3) is 0 Å². The first-order valence-electron chi connectivity index (χ1n) is 4.43. The zero-order valence-electron chi connectivity index (χ0n) is 7.80. The summed E-state index contributed by atoms with van der Waals surface area (Å²) < 4.78 is 13.0. The third-order valence-electron chi connectivity index (χ3n) is 1.93. The molecule has 78 valence electrons.